The van der Waals surface area contributed by atoms with Crippen LogP contribution in [0.15, 0.2) is 146 Å². The van der Waals surface area contributed by atoms with E-state index in [4.69, 9.17) is 20.1 Å². The van der Waals surface area contributed by atoms with Gasteiger partial charge in [-0.25, -0.2) is 0 Å². The number of hydrogen-bond donors (Lipinski definition) is 3. The van der Waals surface area contributed by atoms with Gasteiger partial charge in [0, 0.05) is 39.3 Å². The van der Waals surface area contributed by atoms with E-state index < -0.39 is 5.97 Å². The van der Waals surface area contributed by atoms with Crippen LogP contribution in [0.25, 0.3) is 0 Å². The van der Waals surface area contributed by atoms with Crippen molar-refractivity contribution >= 4 is 11.9 Å². The van der Waals surface area contributed by atoms with E-state index in [1.165, 1.54) is 40.5 Å². The van der Waals surface area contributed by atoms with Gasteiger partial charge in [0.2, 0.25) is 0 Å². The molecule has 9 heteroatoms. The van der Waals surface area contributed by atoms with E-state index in [0.29, 0.717) is 6.61 Å². The number of phenolic OH excluding ortho intramolecular Hbond substituents is 1. The summed E-state index contributed by atoms with van der Waals surface area (Å²) in [5, 5.41) is 27.4. The maximum atomic E-state index is 11.2. The molecular formula is C57H58N2O7. The van der Waals surface area contributed by atoms with Gasteiger partial charge in [0.05, 0.1) is 38.4 Å². The monoisotopic (exact) mass is 882 g/mol. The van der Waals surface area contributed by atoms with E-state index in [1.807, 2.05) is 30.3 Å². The second-order valence-corrected chi connectivity index (χ2v) is 16.3. The molecule has 3 N–H and O–H groups in total. The number of carboxylic acids is 1. The van der Waals surface area contributed by atoms with Crippen molar-refractivity contribution in [1.82, 2.24) is 9.80 Å². The van der Waals surface area contributed by atoms with Crippen LogP contribution in [0.2, 0.25) is 0 Å². The van der Waals surface area contributed by atoms with Gasteiger partial charge in [-0.1, -0.05) is 133 Å². The summed E-state index contributed by atoms with van der Waals surface area (Å²) in [5.41, 5.74) is 12.1. The summed E-state index contributed by atoms with van der Waals surface area (Å²) in [6.45, 7) is 9.96. The first-order chi connectivity index (χ1) is 32.1. The Hall–Kier alpha value is -7.14. The van der Waals surface area contributed by atoms with Crippen LogP contribution in [0.5, 0.6) is 11.5 Å². The Morgan fingerprint density at radius 1 is 0.591 bits per heavy atom. The predicted molar refractivity (Wildman–Crippen MR) is 258 cm³/mol. The summed E-state index contributed by atoms with van der Waals surface area (Å²) < 4.78 is 10.6. The van der Waals surface area contributed by atoms with Crippen LogP contribution in [0.1, 0.15) is 94.2 Å². The van der Waals surface area contributed by atoms with Crippen LogP contribution in [-0.2, 0) is 66.8 Å². The lowest BCUT2D eigenvalue weighted by Gasteiger charge is -2.14. The first-order valence-corrected chi connectivity index (χ1v) is 22.1. The van der Waals surface area contributed by atoms with Gasteiger partial charge in [0.15, 0.2) is 0 Å². The third-order valence-corrected chi connectivity index (χ3v) is 11.4. The summed E-state index contributed by atoms with van der Waals surface area (Å²) >= 11 is 0. The molecule has 0 aliphatic carbocycles. The van der Waals surface area contributed by atoms with Crippen molar-refractivity contribution in [3.8, 4) is 35.2 Å². The molecule has 6 aromatic carbocycles. The number of aromatic hydroxyl groups is 1. The number of hydrogen-bond acceptors (Lipinski definition) is 8. The van der Waals surface area contributed by atoms with E-state index in [0.717, 1.165) is 67.3 Å². The van der Waals surface area contributed by atoms with Gasteiger partial charge in [0.1, 0.15) is 18.1 Å². The molecule has 2 aliphatic rings. The van der Waals surface area contributed by atoms with Crippen LogP contribution < -0.4 is 4.74 Å². The fraction of sp³-hybridized carbons (Fsp3) is 0.263. The summed E-state index contributed by atoms with van der Waals surface area (Å²) in [7, 11) is 1.36. The van der Waals surface area contributed by atoms with Crippen LogP contribution >= 0.6 is 0 Å². The lowest BCUT2D eigenvalue weighted by Crippen LogP contribution is -2.15. The predicted octanol–water partition coefficient (Wildman–Crippen LogP) is 10.1. The van der Waals surface area contributed by atoms with Gasteiger partial charge in [0.25, 0.3) is 0 Å². The average molecular weight is 883 g/mol. The van der Waals surface area contributed by atoms with Gasteiger partial charge >= 0.3 is 11.9 Å². The number of aliphatic carboxylic acids is 1. The molecule has 0 amide bonds. The number of carboxylic acid groups (broad SMARTS) is 1. The van der Waals surface area contributed by atoms with Crippen LogP contribution in [0.3, 0.4) is 0 Å². The number of nitrogens with zero attached hydrogens (tertiary/aromatic N) is 2. The number of rotatable bonds is 14. The zero-order valence-corrected chi connectivity index (χ0v) is 38.0. The number of esters is 1. The standard InChI is InChI=1S/C28H27NO3.C16H17NO.C13H14O3/c1-2-6-24(16-28(30)31)23-11-13-27(14-12-23)32-20-22-9-10-25-18-29(19-26(25)15-22)17-21-7-4-3-5-8-21;18-12-14-6-7-15-10-17(11-16(15)8-14)9-13-4-2-1-3-5-13;1-3-4-11(9-13(15)16-2)10-5-7-12(14)8-6-10/h3-5,7-15,24H,16-20H2,1H3,(H,30,31);1-8,18H,9-12H2;5-8,11,14H,9H2,1-2H3/t24-;;11-/m0.0/s1. The van der Waals surface area contributed by atoms with Crippen molar-refractivity contribution < 1.29 is 34.4 Å². The highest BCUT2D eigenvalue weighted by Crippen LogP contribution is 2.28. The van der Waals surface area contributed by atoms with Crippen molar-refractivity contribution in [2.24, 2.45) is 0 Å². The molecule has 0 spiro atoms. The zero-order chi connectivity index (χ0) is 46.7. The normalized spacial score (nSPS) is 13.3. The van der Waals surface area contributed by atoms with E-state index in [9.17, 15) is 9.59 Å². The van der Waals surface area contributed by atoms with Crippen LogP contribution in [-0.4, -0.2) is 44.2 Å². The average Bonchev–Trinajstić information content (AvgIpc) is 3.94. The Balaban J connectivity index is 0.000000179. The highest BCUT2D eigenvalue weighted by atomic mass is 16.5. The SMILES string of the molecule is CC#C[C@@H](CC(=O)O)c1ccc(OCc2ccc3c(c2)CN(Cc2ccccc2)C3)cc1.CC#C[C@@H](CC(=O)OC)c1ccc(O)cc1.OCc1ccc2c(c1)CN(Cc1ccccc1)C2. The number of carbonyl (C=O) groups excluding carboxylic acids is 1. The molecule has 66 heavy (non-hydrogen) atoms. The van der Waals surface area contributed by atoms with Crippen molar-refractivity contribution in [3.63, 3.8) is 0 Å². The number of phenols is 1. The summed E-state index contributed by atoms with van der Waals surface area (Å²) in [6, 6.07) is 48.3. The van der Waals surface area contributed by atoms with Gasteiger partial charge < -0.3 is 24.8 Å². The topological polar surface area (TPSA) is 120 Å². The Labute approximate surface area is 389 Å². The molecule has 0 radical (unpaired) electrons. The number of methoxy groups -OCH3 is 1. The molecule has 0 bridgehead atoms. The van der Waals surface area contributed by atoms with Crippen molar-refractivity contribution in [1.29, 1.82) is 0 Å². The lowest BCUT2D eigenvalue weighted by molar-refractivity contribution is -0.141. The Bertz CT molecular complexity index is 2630. The summed E-state index contributed by atoms with van der Waals surface area (Å²) in [5.74, 6) is 10.9. The van der Waals surface area contributed by atoms with Crippen LogP contribution in [0.4, 0.5) is 0 Å². The number of fused-ring (bicyclic) bond motifs is 2. The minimum absolute atomic E-state index is 0.00252. The highest BCUT2D eigenvalue weighted by molar-refractivity contribution is 5.71. The second-order valence-electron chi connectivity index (χ2n) is 16.3. The Morgan fingerprint density at radius 2 is 1.06 bits per heavy atom. The number of ether oxygens (including phenoxy) is 2. The largest absolute Gasteiger partial charge is 0.508 e. The van der Waals surface area contributed by atoms with Crippen molar-refractivity contribution in [3.05, 3.63) is 201 Å². The fourth-order valence-electron chi connectivity index (χ4n) is 8.08. The van der Waals surface area contributed by atoms with Crippen molar-refractivity contribution in [2.45, 2.75) is 91.0 Å². The quantitative estimate of drug-likeness (QED) is 0.0726. The molecule has 2 heterocycles. The molecule has 6 aromatic rings. The zero-order valence-electron chi connectivity index (χ0n) is 38.0. The Morgan fingerprint density at radius 3 is 1.55 bits per heavy atom. The summed E-state index contributed by atoms with van der Waals surface area (Å²) in [4.78, 5) is 27.2. The minimum Gasteiger partial charge on any atom is -0.508 e. The molecule has 0 saturated heterocycles. The van der Waals surface area contributed by atoms with Crippen LogP contribution in [0, 0.1) is 23.7 Å². The smallest absolute Gasteiger partial charge is 0.307 e. The van der Waals surface area contributed by atoms with Gasteiger partial charge in [-0.05, 0) is 93.7 Å². The number of aliphatic hydroxyl groups is 1. The maximum absolute atomic E-state index is 11.2. The van der Waals surface area contributed by atoms with Gasteiger partial charge in [-0.15, -0.1) is 11.8 Å². The third-order valence-electron chi connectivity index (χ3n) is 11.4. The molecule has 0 fully saturated rings. The number of aliphatic hydroxyl groups excluding tert-OH is 1. The number of benzene rings is 6. The van der Waals surface area contributed by atoms with E-state index in [1.54, 1.807) is 38.1 Å². The molecule has 338 valence electrons. The lowest BCUT2D eigenvalue weighted by atomic mass is 9.96. The molecule has 0 unspecified atom stereocenters. The van der Waals surface area contributed by atoms with Gasteiger partial charge in [-0.3, -0.25) is 19.4 Å². The number of carbonyl (C=O) groups is 2. The maximum Gasteiger partial charge on any atom is 0.307 e. The molecule has 0 aromatic heterocycles. The first kappa shape index (κ1) is 48.3. The fourth-order valence-corrected chi connectivity index (χ4v) is 8.08. The van der Waals surface area contributed by atoms with E-state index >= 15 is 0 Å². The highest BCUT2D eigenvalue weighted by Gasteiger charge is 2.21. The molecular weight excluding hydrogens is 825 g/mol. The molecule has 0 saturated carbocycles. The molecule has 9 nitrogen and oxygen atoms in total. The third kappa shape index (κ3) is 14.7. The Kier molecular flexibility index (Phi) is 18.2. The van der Waals surface area contributed by atoms with Crippen molar-refractivity contribution in [2.75, 3.05) is 7.11 Å². The van der Waals surface area contributed by atoms with E-state index in [-0.39, 0.29) is 43.0 Å². The molecule has 2 atom stereocenters. The molecule has 2 aliphatic heterocycles. The van der Waals surface area contributed by atoms with Gasteiger partial charge in [-0.2, -0.15) is 0 Å². The second kappa shape index (κ2) is 24.8. The summed E-state index contributed by atoms with van der Waals surface area (Å²) in [6.07, 6.45) is 0.222. The molecule has 8 rings (SSSR count). The van der Waals surface area contributed by atoms with E-state index in [2.05, 4.69) is 129 Å². The first-order valence-electron chi connectivity index (χ1n) is 22.1. The minimum atomic E-state index is -0.850.